The third kappa shape index (κ3) is 2.71. The van der Waals surface area contributed by atoms with Crippen LogP contribution >= 0.6 is 11.5 Å². The van der Waals surface area contributed by atoms with Gasteiger partial charge in [-0.25, -0.2) is 8.42 Å². The second-order valence-corrected chi connectivity index (χ2v) is 5.94. The van der Waals surface area contributed by atoms with Gasteiger partial charge in [0.15, 0.2) is 5.78 Å². The summed E-state index contributed by atoms with van der Waals surface area (Å²) in [5.41, 5.74) is 0.348. The number of hydrogen-bond donors (Lipinski definition) is 1. The van der Waals surface area contributed by atoms with Gasteiger partial charge in [-0.1, -0.05) is 16.6 Å². The van der Waals surface area contributed by atoms with Crippen LogP contribution in [0.15, 0.2) is 35.4 Å². The SMILES string of the molecule is CC(=O)c1cccc(S(=O)(=O)Nc2cnns2)c1. The van der Waals surface area contributed by atoms with Gasteiger partial charge in [-0.3, -0.25) is 9.52 Å². The normalized spacial score (nSPS) is 11.2. The highest BCUT2D eigenvalue weighted by atomic mass is 32.2. The summed E-state index contributed by atoms with van der Waals surface area (Å²) in [6, 6.07) is 5.84. The molecule has 1 heterocycles. The van der Waals surface area contributed by atoms with E-state index in [0.29, 0.717) is 10.6 Å². The van der Waals surface area contributed by atoms with Crippen molar-refractivity contribution in [2.75, 3.05) is 4.72 Å². The third-order valence-electron chi connectivity index (χ3n) is 2.15. The summed E-state index contributed by atoms with van der Waals surface area (Å²) < 4.78 is 29.9. The van der Waals surface area contributed by atoms with Crippen LogP contribution in [-0.2, 0) is 10.0 Å². The van der Waals surface area contributed by atoms with Crippen molar-refractivity contribution in [3.8, 4) is 0 Å². The molecule has 0 amide bonds. The first-order chi connectivity index (χ1) is 8.49. The van der Waals surface area contributed by atoms with Crippen LogP contribution in [0.2, 0.25) is 0 Å². The first kappa shape index (κ1) is 12.7. The van der Waals surface area contributed by atoms with Crippen LogP contribution in [0.4, 0.5) is 5.00 Å². The molecular weight excluding hydrogens is 274 g/mol. The van der Waals surface area contributed by atoms with E-state index in [1.54, 1.807) is 6.07 Å². The number of carbonyl (C=O) groups excluding carboxylic acids is 1. The average Bonchev–Trinajstić information content (AvgIpc) is 2.81. The summed E-state index contributed by atoms with van der Waals surface area (Å²) in [7, 11) is -3.71. The van der Waals surface area contributed by atoms with Gasteiger partial charge in [0.25, 0.3) is 10.0 Å². The molecule has 0 bridgehead atoms. The minimum absolute atomic E-state index is 0.0311. The van der Waals surface area contributed by atoms with E-state index < -0.39 is 10.0 Å². The van der Waals surface area contributed by atoms with E-state index in [-0.39, 0.29) is 10.7 Å². The number of ketones is 1. The second kappa shape index (κ2) is 4.83. The van der Waals surface area contributed by atoms with E-state index >= 15 is 0 Å². The maximum absolute atomic E-state index is 12.0. The Morgan fingerprint density at radius 3 is 2.78 bits per heavy atom. The lowest BCUT2D eigenvalue weighted by Gasteiger charge is -2.05. The van der Waals surface area contributed by atoms with Crippen LogP contribution in [-0.4, -0.2) is 23.8 Å². The van der Waals surface area contributed by atoms with E-state index in [4.69, 9.17) is 0 Å². The highest BCUT2D eigenvalue weighted by molar-refractivity contribution is 7.93. The molecule has 0 saturated heterocycles. The fraction of sp³-hybridized carbons (Fsp3) is 0.100. The first-order valence-electron chi connectivity index (χ1n) is 4.90. The molecule has 0 aliphatic rings. The molecule has 8 heteroatoms. The molecule has 2 aromatic rings. The smallest absolute Gasteiger partial charge is 0.262 e. The lowest BCUT2D eigenvalue weighted by molar-refractivity contribution is 0.101. The fourth-order valence-electron chi connectivity index (χ4n) is 1.29. The number of benzene rings is 1. The van der Waals surface area contributed by atoms with Crippen molar-refractivity contribution in [3.05, 3.63) is 36.0 Å². The quantitative estimate of drug-likeness (QED) is 0.860. The number of aromatic nitrogens is 2. The van der Waals surface area contributed by atoms with Gasteiger partial charge in [0.05, 0.1) is 11.1 Å². The van der Waals surface area contributed by atoms with Crippen molar-refractivity contribution in [1.82, 2.24) is 9.59 Å². The van der Waals surface area contributed by atoms with Crippen LogP contribution in [0, 0.1) is 0 Å². The molecule has 6 nitrogen and oxygen atoms in total. The Hall–Kier alpha value is -1.80. The molecule has 1 aromatic heterocycles. The number of rotatable bonds is 4. The first-order valence-corrected chi connectivity index (χ1v) is 7.16. The van der Waals surface area contributed by atoms with Crippen LogP contribution in [0.5, 0.6) is 0 Å². The van der Waals surface area contributed by atoms with Gasteiger partial charge in [-0.15, -0.1) is 5.10 Å². The summed E-state index contributed by atoms with van der Waals surface area (Å²) >= 11 is 0.937. The van der Waals surface area contributed by atoms with E-state index in [0.717, 1.165) is 11.5 Å². The fourth-order valence-corrected chi connectivity index (χ4v) is 3.02. The highest BCUT2D eigenvalue weighted by Gasteiger charge is 2.16. The lowest BCUT2D eigenvalue weighted by Crippen LogP contribution is -2.12. The summed E-state index contributed by atoms with van der Waals surface area (Å²) in [4.78, 5) is 11.2. The number of nitrogens with zero attached hydrogens (tertiary/aromatic N) is 2. The standard InChI is InChI=1S/C10H9N3O3S2/c1-7(14)8-3-2-4-9(5-8)18(15,16)12-10-6-11-13-17-10/h2-6,12H,1H3. The maximum atomic E-state index is 12.0. The molecule has 18 heavy (non-hydrogen) atoms. The predicted molar refractivity (Wildman–Crippen MR) is 67.2 cm³/mol. The highest BCUT2D eigenvalue weighted by Crippen LogP contribution is 2.18. The average molecular weight is 283 g/mol. The Bertz CT molecular complexity index is 665. The van der Waals surface area contributed by atoms with Gasteiger partial charge >= 0.3 is 0 Å². The monoisotopic (exact) mass is 283 g/mol. The van der Waals surface area contributed by atoms with E-state index in [1.807, 2.05) is 0 Å². The molecule has 0 unspecified atom stereocenters. The molecular formula is C10H9N3O3S2. The molecule has 2 rings (SSSR count). The zero-order valence-electron chi connectivity index (χ0n) is 9.32. The summed E-state index contributed by atoms with van der Waals surface area (Å²) in [6.07, 6.45) is 1.32. The molecule has 0 radical (unpaired) electrons. The zero-order valence-corrected chi connectivity index (χ0v) is 11.0. The number of hydrogen-bond acceptors (Lipinski definition) is 6. The van der Waals surface area contributed by atoms with Crippen molar-refractivity contribution in [2.45, 2.75) is 11.8 Å². The maximum Gasteiger partial charge on any atom is 0.262 e. The predicted octanol–water partition coefficient (Wildman–Crippen LogP) is 1.54. The third-order valence-corrected chi connectivity index (χ3v) is 4.22. The minimum Gasteiger partial charge on any atom is -0.295 e. The Kier molecular flexibility index (Phi) is 3.39. The largest absolute Gasteiger partial charge is 0.295 e. The Morgan fingerprint density at radius 1 is 1.39 bits per heavy atom. The van der Waals surface area contributed by atoms with Crippen molar-refractivity contribution in [1.29, 1.82) is 0 Å². The van der Waals surface area contributed by atoms with Crippen molar-refractivity contribution >= 4 is 32.3 Å². The molecule has 94 valence electrons. The second-order valence-electron chi connectivity index (χ2n) is 3.47. The molecule has 0 aliphatic carbocycles. The van der Waals surface area contributed by atoms with Gasteiger partial charge in [0.2, 0.25) is 0 Å². The minimum atomic E-state index is -3.71. The van der Waals surface area contributed by atoms with Crippen LogP contribution in [0.1, 0.15) is 17.3 Å². The number of sulfonamides is 1. The lowest BCUT2D eigenvalue weighted by atomic mass is 10.2. The van der Waals surface area contributed by atoms with Gasteiger partial charge in [-0.2, -0.15) is 0 Å². The summed E-state index contributed by atoms with van der Waals surface area (Å²) in [5.74, 6) is -0.188. The van der Waals surface area contributed by atoms with Crippen LogP contribution in [0.3, 0.4) is 0 Å². The number of nitrogens with one attached hydrogen (secondary N) is 1. The molecule has 0 atom stereocenters. The summed E-state index contributed by atoms with van der Waals surface area (Å²) in [5, 5.41) is 3.86. The zero-order chi connectivity index (χ0) is 13.2. The number of anilines is 1. The van der Waals surface area contributed by atoms with E-state index in [9.17, 15) is 13.2 Å². The van der Waals surface area contributed by atoms with E-state index in [1.165, 1.54) is 31.3 Å². The molecule has 0 fully saturated rings. The molecule has 0 spiro atoms. The van der Waals surface area contributed by atoms with Crippen molar-refractivity contribution in [2.24, 2.45) is 0 Å². The van der Waals surface area contributed by atoms with Crippen LogP contribution < -0.4 is 4.72 Å². The molecule has 1 aromatic carbocycles. The molecule has 0 saturated carbocycles. The molecule has 0 aliphatic heterocycles. The molecule has 1 N–H and O–H groups in total. The Labute approximate surface area is 108 Å². The van der Waals surface area contributed by atoms with Crippen molar-refractivity contribution < 1.29 is 13.2 Å². The van der Waals surface area contributed by atoms with Crippen molar-refractivity contribution in [3.63, 3.8) is 0 Å². The van der Waals surface area contributed by atoms with E-state index in [2.05, 4.69) is 14.3 Å². The summed E-state index contributed by atoms with van der Waals surface area (Å²) in [6.45, 7) is 1.38. The topological polar surface area (TPSA) is 89.0 Å². The van der Waals surface area contributed by atoms with Gasteiger partial charge in [0, 0.05) is 17.1 Å². The van der Waals surface area contributed by atoms with Crippen LogP contribution in [0.25, 0.3) is 0 Å². The Morgan fingerprint density at radius 2 is 2.17 bits per heavy atom. The Balaban J connectivity index is 2.35. The van der Waals surface area contributed by atoms with Gasteiger partial charge in [0.1, 0.15) is 5.00 Å². The van der Waals surface area contributed by atoms with Gasteiger partial charge in [-0.05, 0) is 19.1 Å². The number of carbonyl (C=O) groups is 1. The van der Waals surface area contributed by atoms with Gasteiger partial charge < -0.3 is 0 Å². The number of Topliss-reactive ketones (excluding diaryl/α,β-unsaturated/α-hetero) is 1.